The monoisotopic (exact) mass is 494 g/mol. The molecule has 0 spiro atoms. The number of fused-ring (bicyclic) bond motifs is 3. The number of H-pyrrole nitrogens is 1. The van der Waals surface area contributed by atoms with Crippen LogP contribution in [0.3, 0.4) is 0 Å². The number of benzene rings is 1. The predicted molar refractivity (Wildman–Crippen MR) is 129 cm³/mol. The summed E-state index contributed by atoms with van der Waals surface area (Å²) in [4.78, 5) is 39.1. The molecular weight excluding hydrogens is 472 g/mol. The second-order valence-corrected chi connectivity index (χ2v) is 9.63. The molecule has 12 heteroatoms. The zero-order chi connectivity index (χ0) is 24.3. The lowest BCUT2D eigenvalue weighted by molar-refractivity contribution is -0.143. The molecule has 180 valence electrons. The van der Waals surface area contributed by atoms with Gasteiger partial charge in [0, 0.05) is 5.39 Å². The Kier molecular flexibility index (Phi) is 5.07. The van der Waals surface area contributed by atoms with E-state index in [4.69, 9.17) is 10.5 Å². The number of anilines is 2. The van der Waals surface area contributed by atoms with Crippen molar-refractivity contribution in [2.75, 3.05) is 23.8 Å². The Morgan fingerprint density at radius 2 is 2.06 bits per heavy atom. The Bertz CT molecular complexity index is 1530. The number of hydrogen-bond donors (Lipinski definition) is 4. The van der Waals surface area contributed by atoms with Gasteiger partial charge in [0.15, 0.2) is 6.10 Å². The van der Waals surface area contributed by atoms with E-state index in [-0.39, 0.29) is 19.0 Å². The summed E-state index contributed by atoms with van der Waals surface area (Å²) in [5.41, 5.74) is 5.30. The van der Waals surface area contributed by atoms with Crippen molar-refractivity contribution in [2.45, 2.75) is 37.1 Å². The van der Waals surface area contributed by atoms with Crippen LogP contribution in [-0.2, 0) is 15.1 Å². The highest BCUT2D eigenvalue weighted by molar-refractivity contribution is 7.14. The number of carbonyl (C=O) groups is 1. The number of aliphatic hydroxyl groups is 2. The van der Waals surface area contributed by atoms with E-state index in [0.717, 1.165) is 18.0 Å². The standard InChI is InChI=1S/C23H22N6O5S/c24-19-11-5-6-12-15(18(11)35-28-19)21(31)27-20(25-12)16(30)17-22(32)29(9-10-34-17)14-4-1-3-13(26-14)23(33)7-2-8-23/h1,3-6,16-17,30,33H,2,7-10H2,(H2,24,28)(H,25,27,31). The van der Waals surface area contributed by atoms with Crippen LogP contribution in [0.4, 0.5) is 11.6 Å². The summed E-state index contributed by atoms with van der Waals surface area (Å²) in [7, 11) is 0. The Morgan fingerprint density at radius 1 is 1.23 bits per heavy atom. The molecule has 1 saturated heterocycles. The van der Waals surface area contributed by atoms with Crippen LogP contribution in [0.15, 0.2) is 35.1 Å². The van der Waals surface area contributed by atoms with E-state index >= 15 is 0 Å². The maximum absolute atomic E-state index is 13.3. The van der Waals surface area contributed by atoms with E-state index in [0.29, 0.717) is 51.2 Å². The third kappa shape index (κ3) is 3.48. The lowest BCUT2D eigenvalue weighted by Crippen LogP contribution is -2.51. The van der Waals surface area contributed by atoms with Crippen LogP contribution in [0.25, 0.3) is 21.0 Å². The quantitative estimate of drug-likeness (QED) is 0.327. The summed E-state index contributed by atoms with van der Waals surface area (Å²) in [6, 6.07) is 8.58. The molecule has 5 N–H and O–H groups in total. The molecule has 1 saturated carbocycles. The number of nitrogens with zero attached hydrogens (tertiary/aromatic N) is 4. The van der Waals surface area contributed by atoms with E-state index in [9.17, 15) is 19.8 Å². The van der Waals surface area contributed by atoms with Crippen LogP contribution in [-0.4, -0.2) is 54.7 Å². The number of ether oxygens (including phenoxy) is 1. The minimum atomic E-state index is -1.51. The Hall–Kier alpha value is -3.45. The van der Waals surface area contributed by atoms with Gasteiger partial charge in [-0.3, -0.25) is 14.5 Å². The topological polar surface area (TPSA) is 168 Å². The molecule has 35 heavy (non-hydrogen) atoms. The van der Waals surface area contributed by atoms with Crippen LogP contribution in [0.5, 0.6) is 0 Å². The third-order valence-corrected chi connectivity index (χ3v) is 7.62. The van der Waals surface area contributed by atoms with Gasteiger partial charge in [-0.25, -0.2) is 4.98 Å². The molecule has 1 aromatic carbocycles. The minimum Gasteiger partial charge on any atom is -0.384 e. The Balaban J connectivity index is 1.32. The predicted octanol–water partition coefficient (Wildman–Crippen LogP) is 1.35. The van der Waals surface area contributed by atoms with E-state index in [1.807, 2.05) is 0 Å². The van der Waals surface area contributed by atoms with Gasteiger partial charge in [-0.15, -0.1) is 0 Å². The molecule has 11 nitrogen and oxygen atoms in total. The number of nitrogens with two attached hydrogens (primary N) is 1. The maximum Gasteiger partial charge on any atom is 0.282 e. The molecule has 1 aliphatic heterocycles. The van der Waals surface area contributed by atoms with Crippen molar-refractivity contribution < 1.29 is 19.7 Å². The van der Waals surface area contributed by atoms with Crippen LogP contribution in [0, 0.1) is 0 Å². The smallest absolute Gasteiger partial charge is 0.282 e. The van der Waals surface area contributed by atoms with E-state index in [1.165, 1.54) is 4.90 Å². The van der Waals surface area contributed by atoms with Gasteiger partial charge in [0.1, 0.15) is 29.2 Å². The minimum absolute atomic E-state index is 0.0787. The van der Waals surface area contributed by atoms with Crippen LogP contribution in [0.1, 0.15) is 36.9 Å². The van der Waals surface area contributed by atoms with Gasteiger partial charge in [0.2, 0.25) is 0 Å². The molecule has 4 aromatic rings. The number of aliphatic hydroxyl groups excluding tert-OH is 1. The van der Waals surface area contributed by atoms with Crippen molar-refractivity contribution in [2.24, 2.45) is 0 Å². The Labute approximate surface area is 202 Å². The van der Waals surface area contributed by atoms with Gasteiger partial charge < -0.3 is 25.7 Å². The first-order valence-electron chi connectivity index (χ1n) is 11.2. The first-order valence-corrected chi connectivity index (χ1v) is 12.0. The number of amides is 1. The van der Waals surface area contributed by atoms with Crippen molar-refractivity contribution in [3.05, 3.63) is 52.2 Å². The first-order chi connectivity index (χ1) is 16.9. The van der Waals surface area contributed by atoms with Crippen molar-refractivity contribution >= 4 is 50.1 Å². The molecule has 2 atom stereocenters. The van der Waals surface area contributed by atoms with Crippen molar-refractivity contribution in [3.63, 3.8) is 0 Å². The number of aromatic amines is 1. The summed E-state index contributed by atoms with van der Waals surface area (Å²) >= 11 is 1.10. The molecule has 3 aromatic heterocycles. The summed E-state index contributed by atoms with van der Waals surface area (Å²) < 4.78 is 10.3. The second kappa shape index (κ2) is 8.05. The molecule has 0 radical (unpaired) electrons. The van der Waals surface area contributed by atoms with Gasteiger partial charge in [0.25, 0.3) is 11.5 Å². The highest BCUT2D eigenvalue weighted by Crippen LogP contribution is 2.40. The number of carbonyl (C=O) groups excluding carboxylic acids is 1. The Morgan fingerprint density at radius 3 is 2.83 bits per heavy atom. The fourth-order valence-electron chi connectivity index (χ4n) is 4.61. The molecule has 6 rings (SSSR count). The van der Waals surface area contributed by atoms with Crippen LogP contribution >= 0.6 is 11.5 Å². The van der Waals surface area contributed by atoms with E-state index in [2.05, 4.69) is 19.3 Å². The number of pyridine rings is 1. The molecule has 1 amide bonds. The molecule has 2 unspecified atom stereocenters. The van der Waals surface area contributed by atoms with Gasteiger partial charge >= 0.3 is 0 Å². The van der Waals surface area contributed by atoms with Crippen molar-refractivity contribution in [1.29, 1.82) is 0 Å². The van der Waals surface area contributed by atoms with E-state index in [1.54, 1.807) is 30.3 Å². The third-order valence-electron chi connectivity index (χ3n) is 6.72. The SMILES string of the molecule is Nc1nsc2c1ccc1[nH]c(C(O)C3OCCN(c4cccc(C5(O)CCC5)n4)C3=O)nc(=O)c12. The molecular formula is C23H22N6O5S. The van der Waals surface area contributed by atoms with Gasteiger partial charge in [-0.2, -0.15) is 9.36 Å². The van der Waals surface area contributed by atoms with Crippen molar-refractivity contribution in [1.82, 2.24) is 19.3 Å². The highest BCUT2D eigenvalue weighted by atomic mass is 32.1. The molecule has 1 aliphatic carbocycles. The number of nitrogens with one attached hydrogen (secondary N) is 1. The zero-order valence-corrected chi connectivity index (χ0v) is 19.3. The molecule has 2 aliphatic rings. The number of rotatable bonds is 4. The van der Waals surface area contributed by atoms with E-state index < -0.39 is 29.3 Å². The average Bonchev–Trinajstić information content (AvgIpc) is 3.22. The number of morpholine rings is 1. The number of hydrogen-bond acceptors (Lipinski definition) is 10. The average molecular weight is 495 g/mol. The van der Waals surface area contributed by atoms with Crippen LogP contribution in [0.2, 0.25) is 0 Å². The summed E-state index contributed by atoms with van der Waals surface area (Å²) in [6.45, 7) is 0.394. The molecule has 4 heterocycles. The second-order valence-electron chi connectivity index (χ2n) is 8.85. The summed E-state index contributed by atoms with van der Waals surface area (Å²) in [5.74, 6) is 0.115. The van der Waals surface area contributed by atoms with Gasteiger partial charge in [-0.1, -0.05) is 6.07 Å². The summed E-state index contributed by atoms with van der Waals surface area (Å²) in [6.07, 6.45) is -0.619. The fraction of sp³-hybridized carbons (Fsp3) is 0.348. The maximum atomic E-state index is 13.3. The molecule has 0 bridgehead atoms. The fourth-order valence-corrected chi connectivity index (χ4v) is 5.46. The summed E-state index contributed by atoms with van der Waals surface area (Å²) in [5, 5.41) is 22.7. The number of aromatic nitrogens is 4. The normalized spacial score (nSPS) is 20.8. The highest BCUT2D eigenvalue weighted by Gasteiger charge is 2.40. The van der Waals surface area contributed by atoms with Gasteiger partial charge in [-0.05, 0) is 55.1 Å². The van der Waals surface area contributed by atoms with Crippen LogP contribution < -0.4 is 16.2 Å². The first kappa shape index (κ1) is 22.0. The van der Waals surface area contributed by atoms with Crippen molar-refractivity contribution in [3.8, 4) is 0 Å². The van der Waals surface area contributed by atoms with Gasteiger partial charge in [0.05, 0.1) is 34.4 Å². The number of nitrogen functional groups attached to an aromatic ring is 1. The lowest BCUT2D eigenvalue weighted by Gasteiger charge is -2.37. The zero-order valence-electron chi connectivity index (χ0n) is 18.5. The molecule has 2 fully saturated rings. The largest absolute Gasteiger partial charge is 0.384 e. The lowest BCUT2D eigenvalue weighted by atomic mass is 9.77.